The van der Waals surface area contributed by atoms with Crippen LogP contribution in [0.1, 0.15) is 63.8 Å². The molecular formula is C27H39F2N3S. The van der Waals surface area contributed by atoms with Gasteiger partial charge in [-0.3, -0.25) is 0 Å². The quantitative estimate of drug-likeness (QED) is 0.330. The summed E-state index contributed by atoms with van der Waals surface area (Å²) in [5.41, 5.74) is 4.98. The molecule has 0 aromatic carbocycles. The predicted molar refractivity (Wildman–Crippen MR) is 139 cm³/mol. The third-order valence-electron chi connectivity index (χ3n) is 6.90. The molecule has 0 radical (unpaired) electrons. The first-order chi connectivity index (χ1) is 15.5. The number of aliphatic imine (C=N–C) groups is 1. The highest BCUT2D eigenvalue weighted by atomic mass is 32.1. The fourth-order valence-corrected chi connectivity index (χ4v) is 6.20. The van der Waals surface area contributed by atoms with E-state index in [-0.39, 0.29) is 11.8 Å². The van der Waals surface area contributed by atoms with Crippen molar-refractivity contribution in [2.75, 3.05) is 33.2 Å². The first kappa shape index (κ1) is 25.8. The molecule has 0 saturated carbocycles. The largest absolute Gasteiger partial charge is 0.371 e. The van der Waals surface area contributed by atoms with Gasteiger partial charge >= 0.3 is 0 Å². The van der Waals surface area contributed by atoms with Crippen molar-refractivity contribution in [2.45, 2.75) is 65.7 Å². The molecule has 1 aromatic heterocycles. The van der Waals surface area contributed by atoms with Gasteiger partial charge in [0, 0.05) is 60.4 Å². The predicted octanol–water partition coefficient (Wildman–Crippen LogP) is 7.34. The number of alkyl halides is 2. The number of likely N-dealkylation sites (tertiary alicyclic amines) is 1. The molecule has 6 heteroatoms. The maximum absolute atomic E-state index is 13.6. The second kappa shape index (κ2) is 10.6. The van der Waals surface area contributed by atoms with Crippen LogP contribution in [0.25, 0.3) is 5.70 Å². The lowest BCUT2D eigenvalue weighted by Gasteiger charge is -2.34. The van der Waals surface area contributed by atoms with E-state index < -0.39 is 5.92 Å². The van der Waals surface area contributed by atoms with Gasteiger partial charge in [0.1, 0.15) is 5.00 Å². The monoisotopic (exact) mass is 475 g/mol. The molecule has 0 bridgehead atoms. The van der Waals surface area contributed by atoms with Crippen molar-refractivity contribution in [3.05, 3.63) is 46.4 Å². The molecule has 1 unspecified atom stereocenters. The highest BCUT2D eigenvalue weighted by Gasteiger charge is 2.38. The van der Waals surface area contributed by atoms with Crippen LogP contribution in [0.15, 0.2) is 40.9 Å². The molecule has 2 aliphatic rings. The average molecular weight is 476 g/mol. The zero-order chi connectivity index (χ0) is 24.2. The van der Waals surface area contributed by atoms with Crippen LogP contribution in [0.2, 0.25) is 0 Å². The number of hydrogen-bond acceptors (Lipinski definition) is 4. The van der Waals surface area contributed by atoms with E-state index in [0.717, 1.165) is 68.6 Å². The second-order valence-electron chi connectivity index (χ2n) is 10.0. The Hall–Kier alpha value is -1.79. The molecule has 0 amide bonds. The standard InChI is InChI=1S/C27H39F2N3S/c1-7-27(18-31(6)17-22-11-9-20(3)10-12-22)13-14-32(19-27)21(4)24-15-23(16-26(5,28)29)33-25(24)30-8-2/h8-9,11,15H,4,7,10,12-14,16-19H2,1-3,5-6H3/b30-8-. The Morgan fingerprint density at radius 3 is 2.73 bits per heavy atom. The Balaban J connectivity index is 1.70. The van der Waals surface area contributed by atoms with Crippen LogP contribution in [0.3, 0.4) is 0 Å². The normalized spacial score (nSPS) is 21.8. The fourth-order valence-electron chi connectivity index (χ4n) is 5.00. The van der Waals surface area contributed by atoms with Gasteiger partial charge in [0.05, 0.1) is 0 Å². The summed E-state index contributed by atoms with van der Waals surface area (Å²) in [6, 6.07) is 1.87. The molecule has 1 aliphatic heterocycles. The van der Waals surface area contributed by atoms with Gasteiger partial charge in [-0.15, -0.1) is 11.3 Å². The number of rotatable bonds is 10. The topological polar surface area (TPSA) is 18.8 Å². The van der Waals surface area contributed by atoms with Crippen LogP contribution in [-0.2, 0) is 6.42 Å². The Morgan fingerprint density at radius 2 is 2.12 bits per heavy atom. The van der Waals surface area contributed by atoms with Crippen molar-refractivity contribution in [3.8, 4) is 0 Å². The van der Waals surface area contributed by atoms with Crippen LogP contribution in [0.5, 0.6) is 0 Å². The summed E-state index contributed by atoms with van der Waals surface area (Å²) >= 11 is 1.35. The van der Waals surface area contributed by atoms with E-state index >= 15 is 0 Å². The van der Waals surface area contributed by atoms with Crippen molar-refractivity contribution in [2.24, 2.45) is 10.4 Å². The lowest BCUT2D eigenvalue weighted by Crippen LogP contribution is -2.38. The molecule has 33 heavy (non-hydrogen) atoms. The Labute approximate surface area is 202 Å². The summed E-state index contributed by atoms with van der Waals surface area (Å²) in [4.78, 5) is 9.93. The highest BCUT2D eigenvalue weighted by molar-refractivity contribution is 7.16. The zero-order valence-electron chi connectivity index (χ0n) is 20.9. The van der Waals surface area contributed by atoms with Crippen molar-refractivity contribution < 1.29 is 8.78 Å². The zero-order valence-corrected chi connectivity index (χ0v) is 21.7. The van der Waals surface area contributed by atoms with Gasteiger partial charge in [0.15, 0.2) is 0 Å². The van der Waals surface area contributed by atoms with Gasteiger partial charge in [-0.05, 0) is 59.6 Å². The van der Waals surface area contributed by atoms with Gasteiger partial charge in [0.2, 0.25) is 5.92 Å². The molecule has 0 spiro atoms. The minimum absolute atomic E-state index is 0.210. The molecule has 1 aromatic rings. The Morgan fingerprint density at radius 1 is 1.36 bits per heavy atom. The van der Waals surface area contributed by atoms with Crippen molar-refractivity contribution in [1.29, 1.82) is 0 Å². The summed E-state index contributed by atoms with van der Waals surface area (Å²) < 4.78 is 27.2. The van der Waals surface area contributed by atoms with Crippen LogP contribution < -0.4 is 0 Å². The summed E-state index contributed by atoms with van der Waals surface area (Å²) in [5, 5.41) is 0.778. The minimum Gasteiger partial charge on any atom is -0.371 e. The Kier molecular flexibility index (Phi) is 8.33. The number of likely N-dealkylation sites (N-methyl/N-ethyl adjacent to an activating group) is 1. The SMILES string of the molecule is C=C(c1cc(CC(C)(F)F)sc1/N=C\C)N1CCC(CC)(CN(C)CC2=CC=C(C)CC2)C1. The third kappa shape index (κ3) is 6.86. The van der Waals surface area contributed by atoms with E-state index in [2.05, 4.69) is 54.4 Å². The van der Waals surface area contributed by atoms with E-state index in [9.17, 15) is 8.78 Å². The first-order valence-corrected chi connectivity index (χ1v) is 12.8. The summed E-state index contributed by atoms with van der Waals surface area (Å²) in [7, 11) is 2.23. The van der Waals surface area contributed by atoms with Crippen molar-refractivity contribution in [1.82, 2.24) is 9.80 Å². The summed E-state index contributed by atoms with van der Waals surface area (Å²) in [6.45, 7) is 15.6. The fraction of sp³-hybridized carbons (Fsp3) is 0.593. The summed E-state index contributed by atoms with van der Waals surface area (Å²) in [6.07, 6.45) is 10.6. The van der Waals surface area contributed by atoms with E-state index in [1.54, 1.807) is 6.21 Å². The molecule has 1 aliphatic carbocycles. The number of allylic oxidation sites excluding steroid dienone is 3. The highest BCUT2D eigenvalue weighted by Crippen LogP contribution is 2.43. The molecule has 182 valence electrons. The third-order valence-corrected chi connectivity index (χ3v) is 7.94. The lowest BCUT2D eigenvalue weighted by atomic mass is 9.83. The maximum Gasteiger partial charge on any atom is 0.250 e. The van der Waals surface area contributed by atoms with E-state index in [0.29, 0.717) is 4.88 Å². The maximum atomic E-state index is 13.6. The number of hydrogen-bond donors (Lipinski definition) is 0. The van der Waals surface area contributed by atoms with Gasteiger partial charge in [0.25, 0.3) is 0 Å². The smallest absolute Gasteiger partial charge is 0.250 e. The molecule has 3 rings (SSSR count). The molecule has 1 saturated heterocycles. The average Bonchev–Trinajstić information content (AvgIpc) is 3.33. The lowest BCUT2D eigenvalue weighted by molar-refractivity contribution is 0.0234. The van der Waals surface area contributed by atoms with E-state index in [4.69, 9.17) is 0 Å². The van der Waals surface area contributed by atoms with Crippen LogP contribution in [0.4, 0.5) is 13.8 Å². The van der Waals surface area contributed by atoms with Crippen molar-refractivity contribution >= 4 is 28.2 Å². The van der Waals surface area contributed by atoms with Gasteiger partial charge in [-0.25, -0.2) is 13.8 Å². The minimum atomic E-state index is -2.73. The number of nitrogens with zero attached hydrogens (tertiary/aromatic N) is 3. The molecule has 3 nitrogen and oxygen atoms in total. The number of halogens is 2. The van der Waals surface area contributed by atoms with Gasteiger partial charge in [-0.2, -0.15) is 0 Å². The molecule has 1 atom stereocenters. The molecule has 1 fully saturated rings. The van der Waals surface area contributed by atoms with Crippen LogP contribution in [-0.4, -0.2) is 55.2 Å². The summed E-state index contributed by atoms with van der Waals surface area (Å²) in [5.74, 6) is -2.73. The van der Waals surface area contributed by atoms with E-state index in [1.165, 1.54) is 28.9 Å². The van der Waals surface area contributed by atoms with Gasteiger partial charge < -0.3 is 9.80 Å². The second-order valence-corrected chi connectivity index (χ2v) is 11.2. The number of thiophene rings is 1. The van der Waals surface area contributed by atoms with Crippen LogP contribution >= 0.6 is 11.3 Å². The van der Waals surface area contributed by atoms with Crippen molar-refractivity contribution in [3.63, 3.8) is 0 Å². The van der Waals surface area contributed by atoms with Crippen LogP contribution in [0, 0.1) is 5.41 Å². The first-order valence-electron chi connectivity index (χ1n) is 12.0. The Bertz CT molecular complexity index is 938. The molecule has 2 heterocycles. The molecule has 0 N–H and O–H groups in total. The molecular weight excluding hydrogens is 436 g/mol. The van der Waals surface area contributed by atoms with Gasteiger partial charge in [-0.1, -0.05) is 36.8 Å². The van der Waals surface area contributed by atoms with E-state index in [1.807, 2.05) is 13.0 Å².